The minimum absolute atomic E-state index is 0.638. The van der Waals surface area contributed by atoms with E-state index in [2.05, 4.69) is 26.8 Å². The van der Waals surface area contributed by atoms with Gasteiger partial charge in [-0.15, -0.1) is 0 Å². The molecule has 5 nitrogen and oxygen atoms in total. The van der Waals surface area contributed by atoms with Crippen LogP contribution in [0, 0.1) is 12.8 Å². The molecule has 0 radical (unpaired) electrons. The number of hydrogen-bond acceptors (Lipinski definition) is 5. The van der Waals surface area contributed by atoms with Crippen LogP contribution in [0.15, 0.2) is 18.5 Å². The van der Waals surface area contributed by atoms with E-state index in [9.17, 15) is 0 Å². The molecule has 21 heavy (non-hydrogen) atoms. The molecule has 3 saturated heterocycles. The third-order valence-corrected chi connectivity index (χ3v) is 4.89. The number of rotatable bonds is 1. The van der Waals surface area contributed by atoms with Crippen molar-refractivity contribution in [3.63, 3.8) is 0 Å². The molecule has 3 aliphatic heterocycles. The van der Waals surface area contributed by atoms with Gasteiger partial charge in [0.15, 0.2) is 5.82 Å². The van der Waals surface area contributed by atoms with Crippen LogP contribution < -0.4 is 4.90 Å². The highest BCUT2D eigenvalue weighted by Gasteiger charge is 2.33. The summed E-state index contributed by atoms with van der Waals surface area (Å²) in [4.78, 5) is 18.6. The zero-order chi connectivity index (χ0) is 14.4. The van der Waals surface area contributed by atoms with Gasteiger partial charge in [0.25, 0.3) is 0 Å². The number of piperidine rings is 1. The standard InChI is InChI=1S/C16H21N5/c1-11-3-6-14-15(19-11)16(18-10-17-14)21-8-12-4-5-13(9-21)20(2)7-12/h3,6,10,12-13H,4-5,7-9H2,1-2H3/t12-,13-/m0/s1. The average molecular weight is 283 g/mol. The van der Waals surface area contributed by atoms with Gasteiger partial charge in [-0.25, -0.2) is 15.0 Å². The Balaban J connectivity index is 1.78. The highest BCUT2D eigenvalue weighted by atomic mass is 15.3. The van der Waals surface area contributed by atoms with E-state index < -0.39 is 0 Å². The molecule has 2 bridgehead atoms. The van der Waals surface area contributed by atoms with Crippen molar-refractivity contribution in [1.29, 1.82) is 0 Å². The van der Waals surface area contributed by atoms with Gasteiger partial charge in [-0.2, -0.15) is 0 Å². The second-order valence-corrected chi connectivity index (χ2v) is 6.46. The van der Waals surface area contributed by atoms with Crippen LogP contribution >= 0.6 is 0 Å². The second kappa shape index (κ2) is 4.91. The third kappa shape index (κ3) is 2.25. The fourth-order valence-corrected chi connectivity index (χ4v) is 3.75. The molecule has 5 heteroatoms. The van der Waals surface area contributed by atoms with Crippen molar-refractivity contribution in [2.75, 3.05) is 31.6 Å². The summed E-state index contributed by atoms with van der Waals surface area (Å²) in [6.07, 6.45) is 4.30. The van der Waals surface area contributed by atoms with Gasteiger partial charge in [-0.05, 0) is 44.9 Å². The minimum Gasteiger partial charge on any atom is -0.353 e. The number of pyridine rings is 1. The Morgan fingerprint density at radius 2 is 2.00 bits per heavy atom. The SMILES string of the molecule is Cc1ccc2ncnc(N3C[C@H]4CC[C@@H](C3)N(C)C4)c2n1. The molecule has 0 N–H and O–H groups in total. The van der Waals surface area contributed by atoms with Crippen molar-refractivity contribution in [2.45, 2.75) is 25.8 Å². The molecule has 0 spiro atoms. The van der Waals surface area contributed by atoms with Crippen LogP contribution in [-0.4, -0.2) is 52.6 Å². The highest BCUT2D eigenvalue weighted by molar-refractivity contribution is 5.85. The Morgan fingerprint density at radius 3 is 2.86 bits per heavy atom. The molecule has 3 aliphatic rings. The fourth-order valence-electron chi connectivity index (χ4n) is 3.75. The average Bonchev–Trinajstić information content (AvgIpc) is 2.77. The molecule has 5 heterocycles. The molecule has 2 aromatic rings. The van der Waals surface area contributed by atoms with E-state index in [1.54, 1.807) is 6.33 Å². The minimum atomic E-state index is 0.638. The lowest BCUT2D eigenvalue weighted by Gasteiger charge is -2.32. The maximum atomic E-state index is 4.69. The van der Waals surface area contributed by atoms with Crippen molar-refractivity contribution in [3.8, 4) is 0 Å². The summed E-state index contributed by atoms with van der Waals surface area (Å²) < 4.78 is 0. The molecule has 0 aliphatic carbocycles. The van der Waals surface area contributed by atoms with Crippen molar-refractivity contribution in [3.05, 3.63) is 24.2 Å². The van der Waals surface area contributed by atoms with Crippen LogP contribution in [0.2, 0.25) is 0 Å². The molecule has 0 amide bonds. The molecule has 110 valence electrons. The Kier molecular flexibility index (Phi) is 3.03. The Labute approximate surface area is 125 Å². The Hall–Kier alpha value is -1.75. The van der Waals surface area contributed by atoms with Gasteiger partial charge in [0.1, 0.15) is 11.8 Å². The summed E-state index contributed by atoms with van der Waals surface area (Å²) in [6.45, 7) is 5.37. The van der Waals surface area contributed by atoms with Gasteiger partial charge in [0, 0.05) is 31.4 Å². The van der Waals surface area contributed by atoms with Crippen LogP contribution in [-0.2, 0) is 0 Å². The van der Waals surface area contributed by atoms with E-state index in [4.69, 9.17) is 4.98 Å². The number of fused-ring (bicyclic) bond motifs is 5. The lowest BCUT2D eigenvalue weighted by molar-refractivity contribution is 0.169. The first-order valence-electron chi connectivity index (χ1n) is 7.74. The number of hydrogen-bond donors (Lipinski definition) is 0. The Morgan fingerprint density at radius 1 is 1.10 bits per heavy atom. The monoisotopic (exact) mass is 283 g/mol. The Bertz CT molecular complexity index is 671. The topological polar surface area (TPSA) is 45.2 Å². The van der Waals surface area contributed by atoms with Crippen LogP contribution in [0.3, 0.4) is 0 Å². The number of aromatic nitrogens is 3. The van der Waals surface area contributed by atoms with Crippen LogP contribution in [0.4, 0.5) is 5.82 Å². The highest BCUT2D eigenvalue weighted by Crippen LogP contribution is 2.31. The van der Waals surface area contributed by atoms with Crippen molar-refractivity contribution >= 4 is 16.9 Å². The van der Waals surface area contributed by atoms with Gasteiger partial charge < -0.3 is 9.80 Å². The van der Waals surface area contributed by atoms with Crippen molar-refractivity contribution < 1.29 is 0 Å². The first-order chi connectivity index (χ1) is 10.2. The zero-order valence-corrected chi connectivity index (χ0v) is 12.7. The molecule has 0 unspecified atom stereocenters. The predicted octanol–water partition coefficient (Wildman–Crippen LogP) is 1.86. The molecule has 0 saturated carbocycles. The smallest absolute Gasteiger partial charge is 0.158 e. The lowest BCUT2D eigenvalue weighted by atomic mass is 9.96. The van der Waals surface area contributed by atoms with Crippen LogP contribution in [0.25, 0.3) is 11.0 Å². The summed E-state index contributed by atoms with van der Waals surface area (Å²) in [6, 6.07) is 4.69. The largest absolute Gasteiger partial charge is 0.353 e. The molecular weight excluding hydrogens is 262 g/mol. The maximum absolute atomic E-state index is 4.69. The van der Waals surface area contributed by atoms with E-state index in [0.29, 0.717) is 6.04 Å². The van der Waals surface area contributed by atoms with Gasteiger partial charge in [0.2, 0.25) is 0 Å². The molecule has 2 atom stereocenters. The molecule has 2 aromatic heterocycles. The van der Waals surface area contributed by atoms with Gasteiger partial charge in [-0.1, -0.05) is 0 Å². The van der Waals surface area contributed by atoms with E-state index in [1.165, 1.54) is 19.4 Å². The van der Waals surface area contributed by atoms with E-state index in [-0.39, 0.29) is 0 Å². The van der Waals surface area contributed by atoms with Crippen molar-refractivity contribution in [2.24, 2.45) is 5.92 Å². The fraction of sp³-hybridized carbons (Fsp3) is 0.562. The quantitative estimate of drug-likeness (QED) is 0.799. The van der Waals surface area contributed by atoms with Gasteiger partial charge in [-0.3, -0.25) is 0 Å². The summed E-state index contributed by atoms with van der Waals surface area (Å²) in [5.74, 6) is 1.75. The summed E-state index contributed by atoms with van der Waals surface area (Å²) in [5.41, 5.74) is 2.91. The second-order valence-electron chi connectivity index (χ2n) is 6.46. The normalized spacial score (nSPS) is 26.3. The van der Waals surface area contributed by atoms with E-state index >= 15 is 0 Å². The molecular formula is C16H21N5. The summed E-state index contributed by atoms with van der Waals surface area (Å²) in [5, 5.41) is 0. The predicted molar refractivity (Wildman–Crippen MR) is 83.4 cm³/mol. The number of likely N-dealkylation sites (N-methyl/N-ethyl adjacent to an activating group) is 1. The first kappa shape index (κ1) is 13.0. The van der Waals surface area contributed by atoms with E-state index in [0.717, 1.165) is 41.6 Å². The molecule has 5 rings (SSSR count). The zero-order valence-electron chi connectivity index (χ0n) is 12.7. The van der Waals surface area contributed by atoms with Gasteiger partial charge in [0.05, 0.1) is 5.52 Å². The number of aryl methyl sites for hydroxylation is 1. The third-order valence-electron chi connectivity index (χ3n) is 4.89. The van der Waals surface area contributed by atoms with E-state index in [1.807, 2.05) is 19.1 Å². The number of anilines is 1. The van der Waals surface area contributed by atoms with Crippen LogP contribution in [0.5, 0.6) is 0 Å². The summed E-state index contributed by atoms with van der Waals surface area (Å²) >= 11 is 0. The first-order valence-corrected chi connectivity index (χ1v) is 7.74. The van der Waals surface area contributed by atoms with Crippen molar-refractivity contribution in [1.82, 2.24) is 19.9 Å². The maximum Gasteiger partial charge on any atom is 0.158 e. The number of nitrogens with zero attached hydrogens (tertiary/aromatic N) is 5. The molecule has 3 fully saturated rings. The molecule has 0 aromatic carbocycles. The van der Waals surface area contributed by atoms with Crippen LogP contribution in [0.1, 0.15) is 18.5 Å². The lowest BCUT2D eigenvalue weighted by Crippen LogP contribution is -2.41. The summed E-state index contributed by atoms with van der Waals surface area (Å²) in [7, 11) is 2.25. The van der Waals surface area contributed by atoms with Gasteiger partial charge >= 0.3 is 0 Å².